The summed E-state index contributed by atoms with van der Waals surface area (Å²) >= 11 is 0. The maximum atomic E-state index is 12.0. The van der Waals surface area contributed by atoms with Gasteiger partial charge in [-0.05, 0) is 19.8 Å². The van der Waals surface area contributed by atoms with Crippen LogP contribution in [-0.4, -0.2) is 59.8 Å². The number of imidazole rings is 1. The first-order valence-electron chi connectivity index (χ1n) is 7.75. The summed E-state index contributed by atoms with van der Waals surface area (Å²) in [6, 6.07) is 0. The number of hydrogen-bond donors (Lipinski definition) is 3. The van der Waals surface area contributed by atoms with E-state index in [-0.39, 0.29) is 24.2 Å². The molecule has 2 amide bonds. The third-order valence-corrected chi connectivity index (χ3v) is 3.62. The predicted molar refractivity (Wildman–Crippen MR) is 85.6 cm³/mol. The predicted octanol–water partition coefficient (Wildman–Crippen LogP) is -0.341. The van der Waals surface area contributed by atoms with Gasteiger partial charge in [-0.2, -0.15) is 0 Å². The highest BCUT2D eigenvalue weighted by Crippen LogP contribution is 2.22. The Labute approximate surface area is 140 Å². The van der Waals surface area contributed by atoms with Crippen molar-refractivity contribution in [1.29, 1.82) is 0 Å². The molecular formula is C15H24N4O5. The Bertz CT molecular complexity index is 558. The van der Waals surface area contributed by atoms with Gasteiger partial charge in [0, 0.05) is 26.7 Å². The Hall–Kier alpha value is -2.42. The van der Waals surface area contributed by atoms with Crippen molar-refractivity contribution in [2.45, 2.75) is 26.3 Å². The van der Waals surface area contributed by atoms with E-state index in [9.17, 15) is 9.59 Å². The molecule has 0 spiro atoms. The minimum Gasteiger partial charge on any atom is -0.483 e. The van der Waals surface area contributed by atoms with Crippen molar-refractivity contribution in [3.05, 3.63) is 17.7 Å². The first-order chi connectivity index (χ1) is 11.6. The zero-order valence-electron chi connectivity index (χ0n) is 13.9. The number of nitrogens with one attached hydrogen (secondary N) is 2. The summed E-state index contributed by atoms with van der Waals surface area (Å²) in [4.78, 5) is 36.5. The first kappa shape index (κ1) is 19.6. The van der Waals surface area contributed by atoms with Crippen LogP contribution in [0.25, 0.3) is 0 Å². The van der Waals surface area contributed by atoms with Crippen molar-refractivity contribution in [2.24, 2.45) is 5.92 Å². The maximum Gasteiger partial charge on any atom is 0.290 e. The molecule has 0 aromatic carbocycles. The third-order valence-electron chi connectivity index (χ3n) is 3.62. The topological polar surface area (TPSA) is 123 Å². The van der Waals surface area contributed by atoms with E-state index in [0.717, 1.165) is 12.1 Å². The molecule has 0 radical (unpaired) electrons. The van der Waals surface area contributed by atoms with Crippen molar-refractivity contribution >= 4 is 18.3 Å². The van der Waals surface area contributed by atoms with E-state index in [2.05, 4.69) is 15.6 Å². The van der Waals surface area contributed by atoms with Crippen molar-refractivity contribution in [3.63, 3.8) is 0 Å². The van der Waals surface area contributed by atoms with Crippen LogP contribution in [0.1, 0.15) is 29.5 Å². The number of hydrogen-bond acceptors (Lipinski definition) is 5. The van der Waals surface area contributed by atoms with Crippen molar-refractivity contribution in [1.82, 2.24) is 20.2 Å². The van der Waals surface area contributed by atoms with Crippen LogP contribution in [0.2, 0.25) is 0 Å². The van der Waals surface area contributed by atoms with Gasteiger partial charge in [-0.15, -0.1) is 0 Å². The van der Waals surface area contributed by atoms with Crippen LogP contribution in [0.15, 0.2) is 6.33 Å². The molecule has 0 fully saturated rings. The number of amides is 2. The number of nitrogens with zero attached hydrogens (tertiary/aromatic N) is 2. The monoisotopic (exact) mass is 340 g/mol. The second-order valence-corrected chi connectivity index (χ2v) is 5.18. The lowest BCUT2D eigenvalue weighted by atomic mass is 9.96. The van der Waals surface area contributed by atoms with Crippen molar-refractivity contribution < 1.29 is 24.2 Å². The summed E-state index contributed by atoms with van der Waals surface area (Å²) in [6.45, 7) is 3.81. The summed E-state index contributed by atoms with van der Waals surface area (Å²) in [5.74, 6) is -0.189. The molecule has 24 heavy (non-hydrogen) atoms. The van der Waals surface area contributed by atoms with Gasteiger partial charge in [0.1, 0.15) is 5.69 Å². The Balaban J connectivity index is 0.000000891. The van der Waals surface area contributed by atoms with Crippen LogP contribution in [0.5, 0.6) is 0 Å². The number of carboxylic acid groups (broad SMARTS) is 1. The van der Waals surface area contributed by atoms with Gasteiger partial charge < -0.3 is 25.0 Å². The maximum absolute atomic E-state index is 12.0. The Morgan fingerprint density at radius 1 is 1.50 bits per heavy atom. The van der Waals surface area contributed by atoms with E-state index in [1.54, 1.807) is 13.4 Å². The smallest absolute Gasteiger partial charge is 0.290 e. The average Bonchev–Trinajstić information content (AvgIpc) is 2.99. The fourth-order valence-electron chi connectivity index (χ4n) is 2.54. The zero-order chi connectivity index (χ0) is 17.9. The molecule has 0 bridgehead atoms. The lowest BCUT2D eigenvalue weighted by Gasteiger charge is -2.23. The van der Waals surface area contributed by atoms with Gasteiger partial charge in [-0.25, -0.2) is 4.98 Å². The minimum absolute atomic E-state index is 0.0333. The molecule has 2 heterocycles. The fourth-order valence-corrected chi connectivity index (χ4v) is 2.54. The lowest BCUT2D eigenvalue weighted by molar-refractivity contribution is -0.126. The van der Waals surface area contributed by atoms with E-state index in [4.69, 9.17) is 14.6 Å². The van der Waals surface area contributed by atoms with Crippen LogP contribution >= 0.6 is 0 Å². The number of methoxy groups -OCH3 is 1. The molecule has 0 aliphatic carbocycles. The number of carbonyl (C=O) groups is 3. The number of carbonyl (C=O) groups excluding carboxylic acids is 2. The zero-order valence-corrected chi connectivity index (χ0v) is 13.9. The summed E-state index contributed by atoms with van der Waals surface area (Å²) in [5, 5.41) is 12.5. The molecule has 2 rings (SSSR count). The molecule has 1 aromatic heterocycles. The van der Waals surface area contributed by atoms with Crippen LogP contribution in [0, 0.1) is 5.92 Å². The third kappa shape index (κ3) is 5.34. The number of aromatic nitrogens is 2. The molecule has 0 saturated carbocycles. The summed E-state index contributed by atoms with van der Waals surface area (Å²) in [7, 11) is 1.60. The van der Waals surface area contributed by atoms with Crippen LogP contribution < -0.4 is 10.6 Å². The molecule has 134 valence electrons. The van der Waals surface area contributed by atoms with Gasteiger partial charge in [0.05, 0.1) is 24.5 Å². The van der Waals surface area contributed by atoms with Gasteiger partial charge in [-0.3, -0.25) is 14.4 Å². The first-order valence-corrected chi connectivity index (χ1v) is 7.75. The highest BCUT2D eigenvalue weighted by molar-refractivity contribution is 5.93. The average molecular weight is 340 g/mol. The molecule has 1 aliphatic heterocycles. The van der Waals surface area contributed by atoms with E-state index in [0.29, 0.717) is 38.4 Å². The molecule has 1 atom stereocenters. The Morgan fingerprint density at radius 3 is 2.83 bits per heavy atom. The number of ether oxygens (including phenoxy) is 1. The van der Waals surface area contributed by atoms with E-state index in [1.165, 1.54) is 0 Å². The Morgan fingerprint density at radius 2 is 2.21 bits per heavy atom. The van der Waals surface area contributed by atoms with Gasteiger partial charge in [0.2, 0.25) is 5.91 Å². The fraction of sp³-hybridized carbons (Fsp3) is 0.600. The van der Waals surface area contributed by atoms with Crippen molar-refractivity contribution in [3.8, 4) is 0 Å². The van der Waals surface area contributed by atoms with Gasteiger partial charge in [0.25, 0.3) is 12.4 Å². The van der Waals surface area contributed by atoms with Gasteiger partial charge in [0.15, 0.2) is 0 Å². The number of rotatable bonds is 6. The molecule has 9 nitrogen and oxygen atoms in total. The summed E-state index contributed by atoms with van der Waals surface area (Å²) in [6.07, 6.45) is 3.07. The second kappa shape index (κ2) is 10.4. The van der Waals surface area contributed by atoms with E-state index >= 15 is 0 Å². The molecule has 1 aliphatic rings. The molecule has 1 aromatic rings. The molecule has 9 heteroatoms. The Kier molecular flexibility index (Phi) is 8.48. The quantitative estimate of drug-likeness (QED) is 0.481. The summed E-state index contributed by atoms with van der Waals surface area (Å²) < 4.78 is 6.83. The number of fused-ring (bicyclic) bond motifs is 1. The van der Waals surface area contributed by atoms with Crippen LogP contribution in [-0.2, 0) is 27.3 Å². The largest absolute Gasteiger partial charge is 0.483 e. The second-order valence-electron chi connectivity index (χ2n) is 5.18. The highest BCUT2D eigenvalue weighted by Gasteiger charge is 2.28. The van der Waals surface area contributed by atoms with Gasteiger partial charge in [-0.1, -0.05) is 0 Å². The molecule has 3 N–H and O–H groups in total. The van der Waals surface area contributed by atoms with E-state index < -0.39 is 0 Å². The standard InChI is InChI=1S/C14H22N4O3.CH2O2/c1-3-15-14(20)12-11-5-4-10(8-18(11)9-17-12)13(19)16-6-7-21-2;2-1-3/h9-10H,3-8H2,1-2H3,(H,15,20)(H,16,19);1H,(H,2,3). The van der Waals surface area contributed by atoms with Crippen LogP contribution in [0.4, 0.5) is 0 Å². The molecule has 1 unspecified atom stereocenters. The molecule has 0 saturated heterocycles. The lowest BCUT2D eigenvalue weighted by Crippen LogP contribution is -2.37. The van der Waals surface area contributed by atoms with E-state index in [1.807, 2.05) is 11.5 Å². The highest BCUT2D eigenvalue weighted by atomic mass is 16.5. The van der Waals surface area contributed by atoms with Gasteiger partial charge >= 0.3 is 0 Å². The van der Waals surface area contributed by atoms with Crippen molar-refractivity contribution in [2.75, 3.05) is 26.8 Å². The SMILES string of the molecule is CCNC(=O)c1ncn2c1CCC(C(=O)NCCOC)C2.O=CO. The minimum atomic E-state index is -0.250. The summed E-state index contributed by atoms with van der Waals surface area (Å²) in [5.41, 5.74) is 1.40. The molecular weight excluding hydrogens is 316 g/mol. The van der Waals surface area contributed by atoms with Crippen LogP contribution in [0.3, 0.4) is 0 Å². The normalized spacial score (nSPS) is 15.5.